The van der Waals surface area contributed by atoms with E-state index in [1.807, 2.05) is 39.0 Å². The number of hydrogen-bond donors (Lipinski definition) is 1. The number of fused-ring (bicyclic) bond motifs is 1. The molecular formula is C20H20N4O4. The van der Waals surface area contributed by atoms with Gasteiger partial charge in [-0.05, 0) is 37.1 Å². The van der Waals surface area contributed by atoms with E-state index < -0.39 is 10.8 Å². The summed E-state index contributed by atoms with van der Waals surface area (Å²) in [6, 6.07) is 10.9. The second kappa shape index (κ2) is 7.59. The largest absolute Gasteiger partial charge is 0.493 e. The molecule has 0 unspecified atom stereocenters. The van der Waals surface area contributed by atoms with Crippen molar-refractivity contribution in [1.82, 2.24) is 4.57 Å². The molecule has 28 heavy (non-hydrogen) atoms. The van der Waals surface area contributed by atoms with Crippen molar-refractivity contribution < 1.29 is 14.8 Å². The van der Waals surface area contributed by atoms with Gasteiger partial charge in [0.2, 0.25) is 5.88 Å². The van der Waals surface area contributed by atoms with Crippen molar-refractivity contribution in [1.29, 1.82) is 0 Å². The lowest BCUT2D eigenvalue weighted by Gasteiger charge is -2.09. The van der Waals surface area contributed by atoms with Gasteiger partial charge in [0, 0.05) is 29.6 Å². The highest BCUT2D eigenvalue weighted by Gasteiger charge is 2.18. The SMILES string of the molecule is Cc1ccc2c(c1)c(N=NC(=O)c1ccc([N+](=O)[O-])cc1)c(O)n2CC(C)C. The van der Waals surface area contributed by atoms with Crippen LogP contribution in [0, 0.1) is 23.0 Å². The van der Waals surface area contributed by atoms with Crippen LogP contribution in [-0.4, -0.2) is 20.5 Å². The van der Waals surface area contributed by atoms with Gasteiger partial charge in [0.25, 0.3) is 11.6 Å². The van der Waals surface area contributed by atoms with Gasteiger partial charge in [0.1, 0.15) is 0 Å². The van der Waals surface area contributed by atoms with E-state index >= 15 is 0 Å². The van der Waals surface area contributed by atoms with Crippen LogP contribution in [0.25, 0.3) is 10.9 Å². The number of nitrogens with zero attached hydrogens (tertiary/aromatic N) is 4. The number of rotatable bonds is 5. The fourth-order valence-electron chi connectivity index (χ4n) is 2.96. The first kappa shape index (κ1) is 19.2. The van der Waals surface area contributed by atoms with Crippen molar-refractivity contribution in [2.45, 2.75) is 27.3 Å². The molecule has 3 rings (SSSR count). The van der Waals surface area contributed by atoms with Crippen LogP contribution in [0.4, 0.5) is 11.4 Å². The zero-order valence-corrected chi connectivity index (χ0v) is 15.8. The Hall–Kier alpha value is -3.55. The second-order valence-corrected chi connectivity index (χ2v) is 7.01. The number of aromatic hydroxyl groups is 1. The highest BCUT2D eigenvalue weighted by Crippen LogP contribution is 2.39. The predicted molar refractivity (Wildman–Crippen MR) is 105 cm³/mol. The van der Waals surface area contributed by atoms with Gasteiger partial charge < -0.3 is 9.67 Å². The summed E-state index contributed by atoms with van der Waals surface area (Å²) in [5, 5.41) is 29.8. The maximum atomic E-state index is 12.3. The number of nitro groups is 1. The molecule has 0 saturated carbocycles. The number of azo groups is 1. The second-order valence-electron chi connectivity index (χ2n) is 7.01. The van der Waals surface area contributed by atoms with Crippen molar-refractivity contribution in [2.75, 3.05) is 0 Å². The van der Waals surface area contributed by atoms with Gasteiger partial charge in [-0.3, -0.25) is 14.9 Å². The standard InChI is InChI=1S/C20H20N4O4/c1-12(2)11-23-17-9-4-13(3)10-16(17)18(20(23)26)21-22-19(25)14-5-7-15(8-6-14)24(27)28/h4-10,12,26H,11H2,1-3H3. The van der Waals surface area contributed by atoms with Gasteiger partial charge in [-0.2, -0.15) is 0 Å². The highest BCUT2D eigenvalue weighted by atomic mass is 16.6. The van der Waals surface area contributed by atoms with Gasteiger partial charge in [0.05, 0.1) is 10.4 Å². The minimum absolute atomic E-state index is 0.0467. The number of amides is 1. The average molecular weight is 380 g/mol. The summed E-state index contributed by atoms with van der Waals surface area (Å²) in [6.07, 6.45) is 0. The van der Waals surface area contributed by atoms with E-state index in [4.69, 9.17) is 0 Å². The molecule has 1 heterocycles. The third-order valence-electron chi connectivity index (χ3n) is 4.28. The zero-order valence-electron chi connectivity index (χ0n) is 15.8. The molecule has 8 heteroatoms. The first-order chi connectivity index (χ1) is 13.3. The molecular weight excluding hydrogens is 360 g/mol. The normalized spacial score (nSPS) is 11.6. The van der Waals surface area contributed by atoms with Crippen molar-refractivity contribution in [3.8, 4) is 5.88 Å². The van der Waals surface area contributed by atoms with Gasteiger partial charge in [-0.1, -0.05) is 25.5 Å². The van der Waals surface area contributed by atoms with Crippen molar-refractivity contribution >= 4 is 28.2 Å². The Bertz CT molecular complexity index is 1080. The highest BCUT2D eigenvalue weighted by molar-refractivity contribution is 5.97. The maximum absolute atomic E-state index is 12.3. The van der Waals surface area contributed by atoms with Gasteiger partial charge >= 0.3 is 0 Å². The molecule has 144 valence electrons. The van der Waals surface area contributed by atoms with E-state index in [1.165, 1.54) is 24.3 Å². The number of non-ortho nitro benzene ring substituents is 1. The predicted octanol–water partition coefficient (Wildman–Crippen LogP) is 5.14. The summed E-state index contributed by atoms with van der Waals surface area (Å²) in [5.74, 6) is -0.393. The molecule has 0 aliphatic rings. The Morgan fingerprint density at radius 1 is 1.21 bits per heavy atom. The quantitative estimate of drug-likeness (QED) is 0.375. The topological polar surface area (TPSA) is 110 Å². The monoisotopic (exact) mass is 380 g/mol. The molecule has 0 aliphatic heterocycles. The Labute approximate surface area is 161 Å². The molecule has 1 aromatic heterocycles. The van der Waals surface area contributed by atoms with Crippen LogP contribution in [0.1, 0.15) is 29.8 Å². The van der Waals surface area contributed by atoms with Gasteiger partial charge in [0.15, 0.2) is 5.69 Å². The summed E-state index contributed by atoms with van der Waals surface area (Å²) < 4.78 is 1.75. The molecule has 8 nitrogen and oxygen atoms in total. The van der Waals surface area contributed by atoms with Crippen LogP contribution in [-0.2, 0) is 6.54 Å². The molecule has 0 bridgehead atoms. The van der Waals surface area contributed by atoms with Gasteiger partial charge in [-0.15, -0.1) is 10.2 Å². The molecule has 1 amide bonds. The van der Waals surface area contributed by atoms with Crippen molar-refractivity contribution in [3.05, 3.63) is 63.7 Å². The fraction of sp³-hybridized carbons (Fsp3) is 0.250. The Balaban J connectivity index is 1.98. The number of aromatic nitrogens is 1. The summed E-state index contributed by atoms with van der Waals surface area (Å²) in [5.41, 5.74) is 2.10. The van der Waals surface area contributed by atoms with E-state index in [9.17, 15) is 20.0 Å². The zero-order chi connectivity index (χ0) is 20.4. The smallest absolute Gasteiger partial charge is 0.295 e. The maximum Gasteiger partial charge on any atom is 0.295 e. The van der Waals surface area contributed by atoms with Crippen LogP contribution in [0.3, 0.4) is 0 Å². The van der Waals surface area contributed by atoms with Crippen LogP contribution in [0.2, 0.25) is 0 Å². The number of carbonyl (C=O) groups excluding carboxylic acids is 1. The van der Waals surface area contributed by atoms with E-state index in [-0.39, 0.29) is 22.8 Å². The first-order valence-electron chi connectivity index (χ1n) is 8.80. The van der Waals surface area contributed by atoms with Gasteiger partial charge in [-0.25, -0.2) is 0 Å². The molecule has 0 saturated heterocycles. The Morgan fingerprint density at radius 2 is 1.89 bits per heavy atom. The van der Waals surface area contributed by atoms with Crippen LogP contribution >= 0.6 is 0 Å². The molecule has 0 atom stereocenters. The number of hydrogen-bond acceptors (Lipinski definition) is 5. The van der Waals surface area contributed by atoms with E-state index in [0.717, 1.165) is 11.1 Å². The van der Waals surface area contributed by atoms with Crippen LogP contribution in [0.15, 0.2) is 52.7 Å². The van der Waals surface area contributed by atoms with E-state index in [2.05, 4.69) is 10.2 Å². The molecule has 0 fully saturated rings. The number of nitro benzene ring substituents is 1. The minimum Gasteiger partial charge on any atom is -0.493 e. The lowest BCUT2D eigenvalue weighted by Crippen LogP contribution is -2.03. The lowest BCUT2D eigenvalue weighted by atomic mass is 10.1. The molecule has 3 aromatic rings. The number of aryl methyl sites for hydroxylation is 1. The molecule has 0 aliphatic carbocycles. The summed E-state index contributed by atoms with van der Waals surface area (Å²) in [6.45, 7) is 6.61. The first-order valence-corrected chi connectivity index (χ1v) is 8.80. The van der Waals surface area contributed by atoms with E-state index in [1.54, 1.807) is 4.57 Å². The average Bonchev–Trinajstić information content (AvgIpc) is 2.90. The molecule has 2 aromatic carbocycles. The summed E-state index contributed by atoms with van der Waals surface area (Å²) >= 11 is 0. The number of carbonyl (C=O) groups is 1. The lowest BCUT2D eigenvalue weighted by molar-refractivity contribution is -0.384. The summed E-state index contributed by atoms with van der Waals surface area (Å²) in [7, 11) is 0. The van der Waals surface area contributed by atoms with Crippen LogP contribution in [0.5, 0.6) is 5.88 Å². The summed E-state index contributed by atoms with van der Waals surface area (Å²) in [4.78, 5) is 22.4. The number of benzene rings is 2. The van der Waals surface area contributed by atoms with Crippen molar-refractivity contribution in [2.24, 2.45) is 16.1 Å². The fourth-order valence-corrected chi connectivity index (χ4v) is 2.96. The molecule has 0 spiro atoms. The molecule has 1 N–H and O–H groups in total. The Kier molecular flexibility index (Phi) is 5.21. The Morgan fingerprint density at radius 3 is 2.50 bits per heavy atom. The minimum atomic E-state index is -0.647. The van der Waals surface area contributed by atoms with Crippen LogP contribution < -0.4 is 0 Å². The third-order valence-corrected chi connectivity index (χ3v) is 4.28. The third kappa shape index (κ3) is 3.75. The van der Waals surface area contributed by atoms with Crippen molar-refractivity contribution in [3.63, 3.8) is 0 Å². The van der Waals surface area contributed by atoms with E-state index in [0.29, 0.717) is 17.8 Å². The molecule has 0 radical (unpaired) electrons.